The topological polar surface area (TPSA) is 32.3 Å². The number of halogens is 1. The minimum Gasteiger partial charge on any atom is -0.335 e. The maximum Gasteiger partial charge on any atom is 0.237 e. The quantitative estimate of drug-likeness (QED) is 0.838. The summed E-state index contributed by atoms with van der Waals surface area (Å²) >= 11 is 6.00. The summed E-state index contributed by atoms with van der Waals surface area (Å²) in [6.45, 7) is 6.10. The summed E-state index contributed by atoms with van der Waals surface area (Å²) in [6, 6.07) is 7.88. The van der Waals surface area contributed by atoms with E-state index in [2.05, 4.69) is 5.32 Å². The van der Waals surface area contributed by atoms with Crippen LogP contribution in [0, 0.1) is 5.92 Å². The van der Waals surface area contributed by atoms with Crippen LogP contribution in [0.4, 0.5) is 0 Å². The van der Waals surface area contributed by atoms with Crippen molar-refractivity contribution in [3.63, 3.8) is 0 Å². The van der Waals surface area contributed by atoms with Crippen molar-refractivity contribution >= 4 is 17.5 Å². The lowest BCUT2D eigenvalue weighted by Gasteiger charge is -2.27. The monoisotopic (exact) mass is 294 g/mol. The van der Waals surface area contributed by atoms with Gasteiger partial charge in [-0.2, -0.15) is 0 Å². The number of carbonyl (C=O) groups is 1. The molecule has 0 radical (unpaired) electrons. The summed E-state index contributed by atoms with van der Waals surface area (Å²) in [7, 11) is 0. The van der Waals surface area contributed by atoms with E-state index in [0.29, 0.717) is 18.1 Å². The third kappa shape index (κ3) is 4.80. The van der Waals surface area contributed by atoms with Crippen molar-refractivity contribution in [2.75, 3.05) is 13.1 Å². The Morgan fingerprint density at radius 3 is 2.80 bits per heavy atom. The van der Waals surface area contributed by atoms with Gasteiger partial charge in [0.2, 0.25) is 5.91 Å². The van der Waals surface area contributed by atoms with E-state index in [4.69, 9.17) is 11.6 Å². The smallest absolute Gasteiger partial charge is 0.237 e. The largest absolute Gasteiger partial charge is 0.335 e. The van der Waals surface area contributed by atoms with E-state index < -0.39 is 0 Å². The molecule has 3 nitrogen and oxygen atoms in total. The van der Waals surface area contributed by atoms with Crippen LogP contribution in [-0.2, 0) is 11.3 Å². The molecular formula is C16H23ClN2O. The first-order chi connectivity index (χ1) is 9.56. The standard InChI is InChI=1S/C16H23ClN2O/c1-12(2)19(11-14-4-3-5-15(17)8-14)16(20)10-18-9-13-6-7-13/h3-5,8,12-13,18H,6-7,9-11H2,1-2H3. The van der Waals surface area contributed by atoms with Crippen LogP contribution >= 0.6 is 11.6 Å². The molecule has 1 aliphatic rings. The first-order valence-electron chi connectivity index (χ1n) is 7.31. The van der Waals surface area contributed by atoms with Gasteiger partial charge >= 0.3 is 0 Å². The summed E-state index contributed by atoms with van der Waals surface area (Å²) in [5.41, 5.74) is 1.07. The van der Waals surface area contributed by atoms with Crippen LogP contribution < -0.4 is 5.32 Å². The number of carbonyl (C=O) groups excluding carboxylic acids is 1. The highest BCUT2D eigenvalue weighted by atomic mass is 35.5. The van der Waals surface area contributed by atoms with Crippen molar-refractivity contribution in [3.8, 4) is 0 Å². The van der Waals surface area contributed by atoms with E-state index in [0.717, 1.165) is 18.0 Å². The number of hydrogen-bond donors (Lipinski definition) is 1. The Kier molecular flexibility index (Phi) is 5.44. The zero-order valence-electron chi connectivity index (χ0n) is 12.2. The highest BCUT2D eigenvalue weighted by molar-refractivity contribution is 6.30. The molecule has 1 aromatic carbocycles. The molecule has 0 aliphatic heterocycles. The summed E-state index contributed by atoms with van der Waals surface area (Å²) in [4.78, 5) is 14.2. The van der Waals surface area contributed by atoms with E-state index >= 15 is 0 Å². The number of nitrogens with one attached hydrogen (secondary N) is 1. The average Bonchev–Trinajstić information content (AvgIpc) is 3.19. The lowest BCUT2D eigenvalue weighted by molar-refractivity contribution is -0.132. The lowest BCUT2D eigenvalue weighted by Crippen LogP contribution is -2.42. The van der Waals surface area contributed by atoms with Gasteiger partial charge < -0.3 is 10.2 Å². The van der Waals surface area contributed by atoms with Crippen molar-refractivity contribution in [2.24, 2.45) is 5.92 Å². The Hall–Kier alpha value is -1.06. The molecule has 0 bridgehead atoms. The molecule has 1 saturated carbocycles. The minimum atomic E-state index is 0.153. The molecule has 1 aliphatic carbocycles. The van der Waals surface area contributed by atoms with Crippen molar-refractivity contribution in [1.29, 1.82) is 0 Å². The van der Waals surface area contributed by atoms with Crippen molar-refractivity contribution < 1.29 is 4.79 Å². The molecule has 0 spiro atoms. The Morgan fingerprint density at radius 1 is 1.45 bits per heavy atom. The van der Waals surface area contributed by atoms with Gasteiger partial charge in [-0.05, 0) is 56.8 Å². The van der Waals surface area contributed by atoms with Gasteiger partial charge in [0.1, 0.15) is 0 Å². The maximum absolute atomic E-state index is 12.3. The molecule has 1 fully saturated rings. The van der Waals surface area contributed by atoms with Gasteiger partial charge in [-0.25, -0.2) is 0 Å². The van der Waals surface area contributed by atoms with Crippen LogP contribution in [0.15, 0.2) is 24.3 Å². The molecule has 110 valence electrons. The van der Waals surface area contributed by atoms with E-state index in [1.807, 2.05) is 43.0 Å². The van der Waals surface area contributed by atoms with Crippen LogP contribution in [-0.4, -0.2) is 29.9 Å². The molecule has 0 aromatic heterocycles. The maximum atomic E-state index is 12.3. The average molecular weight is 295 g/mol. The second-order valence-electron chi connectivity index (χ2n) is 5.82. The fourth-order valence-electron chi connectivity index (χ4n) is 2.20. The Bertz CT molecular complexity index is 458. The zero-order chi connectivity index (χ0) is 14.5. The Labute approximate surface area is 126 Å². The van der Waals surface area contributed by atoms with E-state index in [1.165, 1.54) is 12.8 Å². The van der Waals surface area contributed by atoms with Crippen molar-refractivity contribution in [1.82, 2.24) is 10.2 Å². The van der Waals surface area contributed by atoms with Gasteiger partial charge in [-0.15, -0.1) is 0 Å². The molecule has 0 heterocycles. The van der Waals surface area contributed by atoms with E-state index in [9.17, 15) is 4.79 Å². The second-order valence-corrected chi connectivity index (χ2v) is 6.26. The normalized spacial score (nSPS) is 14.6. The fourth-order valence-corrected chi connectivity index (χ4v) is 2.41. The first-order valence-corrected chi connectivity index (χ1v) is 7.68. The predicted molar refractivity (Wildman–Crippen MR) is 82.7 cm³/mol. The Balaban J connectivity index is 1.89. The second kappa shape index (κ2) is 7.09. The summed E-state index contributed by atoms with van der Waals surface area (Å²) < 4.78 is 0. The number of rotatable bonds is 7. The van der Waals surface area contributed by atoms with Gasteiger partial charge in [0.15, 0.2) is 0 Å². The third-order valence-corrected chi connectivity index (χ3v) is 3.83. The van der Waals surface area contributed by atoms with Crippen molar-refractivity contribution in [2.45, 2.75) is 39.3 Å². The molecular weight excluding hydrogens is 272 g/mol. The molecule has 0 saturated heterocycles. The molecule has 0 unspecified atom stereocenters. The van der Waals surface area contributed by atoms with E-state index in [1.54, 1.807) is 0 Å². The Morgan fingerprint density at radius 2 is 2.20 bits per heavy atom. The number of benzene rings is 1. The van der Waals surface area contributed by atoms with Gasteiger partial charge in [0, 0.05) is 17.6 Å². The molecule has 1 amide bonds. The molecule has 0 atom stereocenters. The highest BCUT2D eigenvalue weighted by Gasteiger charge is 2.22. The molecule has 4 heteroatoms. The van der Waals surface area contributed by atoms with E-state index in [-0.39, 0.29) is 11.9 Å². The predicted octanol–water partition coefficient (Wildman–Crippen LogP) is 3.08. The van der Waals surface area contributed by atoms with Crippen LogP contribution in [0.25, 0.3) is 0 Å². The fraction of sp³-hybridized carbons (Fsp3) is 0.562. The zero-order valence-corrected chi connectivity index (χ0v) is 13.0. The SMILES string of the molecule is CC(C)N(Cc1cccc(Cl)c1)C(=O)CNCC1CC1. The molecule has 1 N–H and O–H groups in total. The summed E-state index contributed by atoms with van der Waals surface area (Å²) in [5, 5.41) is 3.98. The van der Waals surface area contributed by atoms with Crippen molar-refractivity contribution in [3.05, 3.63) is 34.9 Å². The van der Waals surface area contributed by atoms with Crippen LogP contribution in [0.2, 0.25) is 5.02 Å². The summed E-state index contributed by atoms with van der Waals surface area (Å²) in [5.74, 6) is 0.948. The lowest BCUT2D eigenvalue weighted by atomic mass is 10.2. The number of hydrogen-bond acceptors (Lipinski definition) is 2. The van der Waals surface area contributed by atoms with Gasteiger partial charge in [-0.3, -0.25) is 4.79 Å². The molecule has 20 heavy (non-hydrogen) atoms. The van der Waals surface area contributed by atoms with Gasteiger partial charge in [0.25, 0.3) is 0 Å². The van der Waals surface area contributed by atoms with Crippen LogP contribution in [0.3, 0.4) is 0 Å². The minimum absolute atomic E-state index is 0.153. The highest BCUT2D eigenvalue weighted by Crippen LogP contribution is 2.27. The van der Waals surface area contributed by atoms with Crippen LogP contribution in [0.5, 0.6) is 0 Å². The molecule has 1 aromatic rings. The molecule has 2 rings (SSSR count). The van der Waals surface area contributed by atoms with Gasteiger partial charge in [0.05, 0.1) is 6.54 Å². The van der Waals surface area contributed by atoms with Gasteiger partial charge in [-0.1, -0.05) is 23.7 Å². The number of nitrogens with zero attached hydrogens (tertiary/aromatic N) is 1. The third-order valence-electron chi connectivity index (χ3n) is 3.59. The van der Waals surface area contributed by atoms with Crippen LogP contribution in [0.1, 0.15) is 32.3 Å². The first kappa shape index (κ1) is 15.3. The number of amides is 1. The summed E-state index contributed by atoms with van der Waals surface area (Å²) in [6.07, 6.45) is 2.61.